The van der Waals surface area contributed by atoms with Gasteiger partial charge in [-0.05, 0) is 46.4 Å². The highest BCUT2D eigenvalue weighted by molar-refractivity contribution is 14.1. The van der Waals surface area contributed by atoms with Gasteiger partial charge in [-0.15, -0.1) is 0 Å². The Morgan fingerprint density at radius 1 is 1.16 bits per heavy atom. The van der Waals surface area contributed by atoms with Crippen LogP contribution in [0.15, 0.2) is 23.8 Å². The van der Waals surface area contributed by atoms with Crippen molar-refractivity contribution in [2.24, 2.45) is 0 Å². The number of amides is 4. The van der Waals surface area contributed by atoms with Gasteiger partial charge in [0.25, 0.3) is 11.8 Å². The minimum absolute atomic E-state index is 0.111. The number of hydrogen-bond donors (Lipinski definition) is 2. The zero-order chi connectivity index (χ0) is 14.0. The maximum Gasteiger partial charge on any atom is 0.328 e. The summed E-state index contributed by atoms with van der Waals surface area (Å²) in [4.78, 5) is 34.0. The number of nitrogens with one attached hydrogen (secondary N) is 2. The first kappa shape index (κ1) is 13.5. The van der Waals surface area contributed by atoms with Gasteiger partial charge in [-0.1, -0.05) is 6.07 Å². The molecule has 0 aliphatic carbocycles. The monoisotopic (exact) mass is 372 g/mol. The highest BCUT2D eigenvalue weighted by Crippen LogP contribution is 2.23. The predicted octanol–water partition coefficient (Wildman–Crippen LogP) is 1.05. The Morgan fingerprint density at radius 2 is 1.79 bits per heavy atom. The van der Waals surface area contributed by atoms with Crippen LogP contribution in [0.2, 0.25) is 0 Å². The van der Waals surface area contributed by atoms with E-state index < -0.39 is 17.8 Å². The van der Waals surface area contributed by atoms with Crippen molar-refractivity contribution in [3.8, 4) is 5.75 Å². The molecule has 0 atom stereocenters. The molecule has 6 nitrogen and oxygen atoms in total. The van der Waals surface area contributed by atoms with Crippen molar-refractivity contribution >= 4 is 46.5 Å². The molecule has 19 heavy (non-hydrogen) atoms. The maximum atomic E-state index is 11.5. The second kappa shape index (κ2) is 5.39. The number of carbonyl (C=O) groups is 3. The van der Waals surface area contributed by atoms with Crippen LogP contribution in [-0.4, -0.2) is 25.0 Å². The number of urea groups is 1. The normalized spacial score (nSPS) is 14.8. The molecule has 1 aliphatic rings. The Labute approximate surface area is 122 Å². The highest BCUT2D eigenvalue weighted by Gasteiger charge is 2.27. The standard InChI is InChI=1S/C12H9IN2O4/c1-19-9-3-2-6(5-8(9)13)4-7-10(16)14-12(18)15-11(7)17/h2-5H,1H3,(H2,14,15,16,17,18). The number of hydrogen-bond acceptors (Lipinski definition) is 4. The zero-order valence-electron chi connectivity index (χ0n) is 9.82. The lowest BCUT2D eigenvalue weighted by atomic mass is 10.1. The van der Waals surface area contributed by atoms with Crippen LogP contribution in [0.5, 0.6) is 5.75 Å². The summed E-state index contributed by atoms with van der Waals surface area (Å²) in [5.74, 6) is -0.713. The molecule has 0 spiro atoms. The van der Waals surface area contributed by atoms with Crippen molar-refractivity contribution in [2.75, 3.05) is 7.11 Å². The molecule has 0 bridgehead atoms. The smallest absolute Gasteiger partial charge is 0.328 e. The molecule has 1 saturated heterocycles. The Bertz CT molecular complexity index is 588. The van der Waals surface area contributed by atoms with Crippen LogP contribution in [-0.2, 0) is 9.59 Å². The molecule has 0 radical (unpaired) electrons. The molecule has 98 valence electrons. The van der Waals surface area contributed by atoms with E-state index in [9.17, 15) is 14.4 Å². The van der Waals surface area contributed by atoms with Crippen LogP contribution in [0, 0.1) is 3.57 Å². The molecule has 1 aromatic rings. The van der Waals surface area contributed by atoms with Crippen molar-refractivity contribution in [3.05, 3.63) is 32.9 Å². The first-order valence-corrected chi connectivity index (χ1v) is 6.31. The largest absolute Gasteiger partial charge is 0.496 e. The molecule has 1 aromatic carbocycles. The molecule has 0 aromatic heterocycles. The number of ether oxygens (including phenoxy) is 1. The minimum atomic E-state index is -0.809. The van der Waals surface area contributed by atoms with Gasteiger partial charge in [0.2, 0.25) is 0 Å². The van der Waals surface area contributed by atoms with Crippen LogP contribution in [0.1, 0.15) is 5.56 Å². The lowest BCUT2D eigenvalue weighted by molar-refractivity contribution is -0.123. The first-order valence-electron chi connectivity index (χ1n) is 5.23. The summed E-state index contributed by atoms with van der Waals surface area (Å²) >= 11 is 2.08. The van der Waals surface area contributed by atoms with E-state index in [1.54, 1.807) is 25.3 Å². The predicted molar refractivity (Wildman–Crippen MR) is 75.4 cm³/mol. The third-order valence-electron chi connectivity index (χ3n) is 2.43. The Kier molecular flexibility index (Phi) is 3.84. The van der Waals surface area contributed by atoms with E-state index in [1.165, 1.54) is 6.08 Å². The number of rotatable bonds is 2. The van der Waals surface area contributed by atoms with E-state index in [2.05, 4.69) is 22.6 Å². The fourth-order valence-electron chi connectivity index (χ4n) is 1.55. The number of barbiturate groups is 1. The summed E-state index contributed by atoms with van der Waals surface area (Å²) < 4.78 is 5.96. The number of carbonyl (C=O) groups excluding carboxylic acids is 3. The van der Waals surface area contributed by atoms with Gasteiger partial charge >= 0.3 is 6.03 Å². The fraction of sp³-hybridized carbons (Fsp3) is 0.0833. The van der Waals surface area contributed by atoms with Gasteiger partial charge in [0.05, 0.1) is 10.7 Å². The summed E-state index contributed by atoms with van der Waals surface area (Å²) in [6.45, 7) is 0. The number of imide groups is 2. The average Bonchev–Trinajstić information content (AvgIpc) is 2.34. The topological polar surface area (TPSA) is 84.5 Å². The highest BCUT2D eigenvalue weighted by atomic mass is 127. The Hall–Kier alpha value is -1.90. The van der Waals surface area contributed by atoms with Gasteiger partial charge in [0.1, 0.15) is 11.3 Å². The quantitative estimate of drug-likeness (QED) is 0.462. The summed E-state index contributed by atoms with van der Waals surface area (Å²) in [5.41, 5.74) is 0.556. The van der Waals surface area contributed by atoms with Gasteiger partial charge in [-0.25, -0.2) is 4.79 Å². The third-order valence-corrected chi connectivity index (χ3v) is 3.27. The SMILES string of the molecule is COc1ccc(C=C2C(=O)NC(=O)NC2=O)cc1I. The first-order chi connectivity index (χ1) is 9.01. The van der Waals surface area contributed by atoms with Gasteiger partial charge in [-0.2, -0.15) is 0 Å². The van der Waals surface area contributed by atoms with Crippen LogP contribution < -0.4 is 15.4 Å². The Balaban J connectivity index is 2.35. The van der Waals surface area contributed by atoms with Crippen LogP contribution in [0.3, 0.4) is 0 Å². The van der Waals surface area contributed by atoms with E-state index in [-0.39, 0.29) is 5.57 Å². The molecule has 0 unspecified atom stereocenters. The van der Waals surface area contributed by atoms with E-state index in [4.69, 9.17) is 4.74 Å². The molecule has 7 heteroatoms. The molecule has 4 amide bonds. The Morgan fingerprint density at radius 3 is 2.32 bits per heavy atom. The van der Waals surface area contributed by atoms with Gasteiger partial charge in [-0.3, -0.25) is 20.2 Å². The maximum absolute atomic E-state index is 11.5. The van der Waals surface area contributed by atoms with Crippen molar-refractivity contribution in [2.45, 2.75) is 0 Å². The molecule has 1 fully saturated rings. The fourth-order valence-corrected chi connectivity index (χ4v) is 2.31. The van der Waals surface area contributed by atoms with E-state index in [0.29, 0.717) is 11.3 Å². The molecule has 0 saturated carbocycles. The number of methoxy groups -OCH3 is 1. The average molecular weight is 372 g/mol. The van der Waals surface area contributed by atoms with Crippen LogP contribution in [0.4, 0.5) is 4.79 Å². The van der Waals surface area contributed by atoms with Gasteiger partial charge in [0.15, 0.2) is 0 Å². The van der Waals surface area contributed by atoms with Crippen molar-refractivity contribution in [1.29, 1.82) is 0 Å². The summed E-state index contributed by atoms with van der Waals surface area (Å²) in [7, 11) is 1.56. The van der Waals surface area contributed by atoms with E-state index >= 15 is 0 Å². The van der Waals surface area contributed by atoms with Gasteiger partial charge < -0.3 is 4.74 Å². The summed E-state index contributed by atoms with van der Waals surface area (Å²) in [5, 5.41) is 4.03. The van der Waals surface area contributed by atoms with E-state index in [0.717, 1.165) is 3.57 Å². The van der Waals surface area contributed by atoms with Crippen molar-refractivity contribution in [3.63, 3.8) is 0 Å². The number of halogens is 1. The van der Waals surface area contributed by atoms with E-state index in [1.807, 2.05) is 10.6 Å². The lowest BCUT2D eigenvalue weighted by Gasteiger charge is -2.14. The summed E-state index contributed by atoms with van der Waals surface area (Å²) in [6.07, 6.45) is 1.42. The number of benzene rings is 1. The molecule has 2 rings (SSSR count). The second-order valence-corrected chi connectivity index (χ2v) is 4.85. The molecule has 2 N–H and O–H groups in total. The van der Waals surface area contributed by atoms with Crippen molar-refractivity contribution in [1.82, 2.24) is 10.6 Å². The molecule has 1 heterocycles. The molecule has 1 aliphatic heterocycles. The van der Waals surface area contributed by atoms with Gasteiger partial charge in [0, 0.05) is 0 Å². The van der Waals surface area contributed by atoms with Crippen LogP contribution >= 0.6 is 22.6 Å². The van der Waals surface area contributed by atoms with Crippen molar-refractivity contribution < 1.29 is 19.1 Å². The lowest BCUT2D eigenvalue weighted by Crippen LogP contribution is -2.51. The minimum Gasteiger partial charge on any atom is -0.496 e. The summed E-state index contributed by atoms with van der Waals surface area (Å²) in [6, 6.07) is 4.41. The molecular weight excluding hydrogens is 363 g/mol. The molecular formula is C12H9IN2O4. The zero-order valence-corrected chi connectivity index (χ0v) is 12.0. The second-order valence-electron chi connectivity index (χ2n) is 3.69. The van der Waals surface area contributed by atoms with Crippen LogP contribution in [0.25, 0.3) is 6.08 Å². The third kappa shape index (κ3) is 2.92.